The average molecular weight is 302 g/mol. The molecule has 0 spiro atoms. The number of hydrogen-bond donors (Lipinski definition) is 1. The van der Waals surface area contributed by atoms with Gasteiger partial charge in [-0.05, 0) is 17.9 Å². The summed E-state index contributed by atoms with van der Waals surface area (Å²) in [5, 5.41) is 8.83. The number of hydrogen-bond acceptors (Lipinski definition) is 3. The van der Waals surface area contributed by atoms with Crippen LogP contribution in [-0.4, -0.2) is 40.8 Å². The summed E-state index contributed by atoms with van der Waals surface area (Å²) in [6, 6.07) is 0.925. The smallest absolute Gasteiger partial charge is 0.418 e. The maximum atomic E-state index is 12.5. The van der Waals surface area contributed by atoms with Crippen LogP contribution in [0, 0.1) is 17.8 Å². The normalized spacial score (nSPS) is 27.4. The number of pyridine rings is 1. The molecule has 8 heteroatoms. The SMILES string of the molecule is O=C(O)N1C[C@@H]2C(COc3cncc(C(F)(F)F)c3)[C@@H]2C1. The number of ether oxygens (including phenoxy) is 1. The Kier molecular flexibility index (Phi) is 3.18. The van der Waals surface area contributed by atoms with Crippen molar-refractivity contribution in [3.8, 4) is 5.75 Å². The molecule has 1 saturated carbocycles. The Morgan fingerprint density at radius 3 is 2.62 bits per heavy atom. The molecule has 114 valence electrons. The molecule has 21 heavy (non-hydrogen) atoms. The number of alkyl halides is 3. The third-order valence-electron chi connectivity index (χ3n) is 4.12. The zero-order valence-corrected chi connectivity index (χ0v) is 10.9. The van der Waals surface area contributed by atoms with Gasteiger partial charge in [0.15, 0.2) is 0 Å². The molecule has 1 N–H and O–H groups in total. The van der Waals surface area contributed by atoms with Crippen LogP contribution in [0.15, 0.2) is 18.5 Å². The number of halogens is 3. The summed E-state index contributed by atoms with van der Waals surface area (Å²) >= 11 is 0. The number of carboxylic acid groups (broad SMARTS) is 1. The van der Waals surface area contributed by atoms with Gasteiger partial charge in [-0.1, -0.05) is 0 Å². The van der Waals surface area contributed by atoms with Gasteiger partial charge in [0.25, 0.3) is 0 Å². The number of carbonyl (C=O) groups is 1. The molecule has 0 radical (unpaired) electrons. The molecule has 1 aliphatic heterocycles. The van der Waals surface area contributed by atoms with E-state index in [1.54, 1.807) is 0 Å². The fraction of sp³-hybridized carbons (Fsp3) is 0.538. The Hall–Kier alpha value is -1.99. The van der Waals surface area contributed by atoms with E-state index in [0.717, 1.165) is 12.3 Å². The van der Waals surface area contributed by atoms with Gasteiger partial charge in [0.05, 0.1) is 18.4 Å². The molecule has 2 fully saturated rings. The summed E-state index contributed by atoms with van der Waals surface area (Å²) in [7, 11) is 0. The molecule has 0 aromatic carbocycles. The van der Waals surface area contributed by atoms with Crippen molar-refractivity contribution >= 4 is 6.09 Å². The molecule has 2 aliphatic rings. The first-order valence-corrected chi connectivity index (χ1v) is 6.49. The van der Waals surface area contributed by atoms with E-state index >= 15 is 0 Å². The van der Waals surface area contributed by atoms with Gasteiger partial charge in [0, 0.05) is 25.2 Å². The van der Waals surface area contributed by atoms with Crippen molar-refractivity contribution in [2.24, 2.45) is 17.8 Å². The summed E-state index contributed by atoms with van der Waals surface area (Å²) < 4.78 is 43.0. The molecular formula is C13H13F3N2O3. The predicted molar refractivity (Wildman–Crippen MR) is 64.8 cm³/mol. The van der Waals surface area contributed by atoms with Crippen molar-refractivity contribution in [1.29, 1.82) is 0 Å². The van der Waals surface area contributed by atoms with Gasteiger partial charge in [-0.3, -0.25) is 4.98 Å². The monoisotopic (exact) mass is 302 g/mol. The predicted octanol–water partition coefficient (Wildman–Crippen LogP) is 2.34. The van der Waals surface area contributed by atoms with Crippen molar-refractivity contribution < 1.29 is 27.8 Å². The van der Waals surface area contributed by atoms with Gasteiger partial charge in [0.2, 0.25) is 0 Å². The van der Waals surface area contributed by atoms with E-state index in [2.05, 4.69) is 4.98 Å². The van der Waals surface area contributed by atoms with Crippen LogP contribution >= 0.6 is 0 Å². The molecule has 0 bridgehead atoms. The van der Waals surface area contributed by atoms with E-state index < -0.39 is 17.8 Å². The van der Waals surface area contributed by atoms with E-state index in [0.29, 0.717) is 19.7 Å². The van der Waals surface area contributed by atoms with E-state index in [-0.39, 0.29) is 23.5 Å². The Morgan fingerprint density at radius 1 is 1.38 bits per heavy atom. The van der Waals surface area contributed by atoms with Gasteiger partial charge in [-0.15, -0.1) is 0 Å². The molecule has 3 rings (SSSR count). The number of amides is 1. The molecular weight excluding hydrogens is 289 g/mol. The van der Waals surface area contributed by atoms with E-state index in [9.17, 15) is 18.0 Å². The van der Waals surface area contributed by atoms with Crippen molar-refractivity contribution in [3.63, 3.8) is 0 Å². The topological polar surface area (TPSA) is 62.7 Å². The lowest BCUT2D eigenvalue weighted by molar-refractivity contribution is -0.137. The Bertz CT molecular complexity index is 552. The van der Waals surface area contributed by atoms with Crippen LogP contribution in [-0.2, 0) is 6.18 Å². The summed E-state index contributed by atoms with van der Waals surface area (Å²) in [5.41, 5.74) is -0.840. The molecule has 1 unspecified atom stereocenters. The van der Waals surface area contributed by atoms with Gasteiger partial charge in [-0.25, -0.2) is 4.79 Å². The maximum Gasteiger partial charge on any atom is 0.418 e. The Morgan fingerprint density at radius 2 is 2.05 bits per heavy atom. The number of fused-ring (bicyclic) bond motifs is 1. The van der Waals surface area contributed by atoms with Gasteiger partial charge >= 0.3 is 12.3 Å². The van der Waals surface area contributed by atoms with Crippen LogP contribution in [0.5, 0.6) is 5.75 Å². The second-order valence-corrected chi connectivity index (χ2v) is 5.40. The van der Waals surface area contributed by atoms with Crippen LogP contribution in [0.2, 0.25) is 0 Å². The zero-order chi connectivity index (χ0) is 15.2. The fourth-order valence-corrected chi connectivity index (χ4v) is 2.90. The third kappa shape index (κ3) is 2.74. The maximum absolute atomic E-state index is 12.5. The molecule has 1 amide bonds. The molecule has 1 aromatic heterocycles. The Labute approximate surface area is 118 Å². The van der Waals surface area contributed by atoms with Crippen molar-refractivity contribution in [3.05, 3.63) is 24.0 Å². The average Bonchev–Trinajstić information content (AvgIpc) is 2.86. The lowest BCUT2D eigenvalue weighted by atomic mass is 10.2. The minimum absolute atomic E-state index is 0.0879. The molecule has 2 heterocycles. The lowest BCUT2D eigenvalue weighted by Crippen LogP contribution is -2.30. The minimum Gasteiger partial charge on any atom is -0.492 e. The first-order valence-electron chi connectivity index (χ1n) is 6.49. The quantitative estimate of drug-likeness (QED) is 0.931. The van der Waals surface area contributed by atoms with E-state index in [1.807, 2.05) is 0 Å². The number of nitrogens with zero attached hydrogens (tertiary/aromatic N) is 2. The minimum atomic E-state index is -4.44. The van der Waals surface area contributed by atoms with E-state index in [1.165, 1.54) is 11.1 Å². The largest absolute Gasteiger partial charge is 0.492 e. The second-order valence-electron chi connectivity index (χ2n) is 5.40. The molecule has 1 aromatic rings. The number of likely N-dealkylation sites (tertiary alicyclic amines) is 1. The summed E-state index contributed by atoms with van der Waals surface area (Å²) in [6.07, 6.45) is -3.37. The highest BCUT2D eigenvalue weighted by Gasteiger charge is 2.57. The summed E-state index contributed by atoms with van der Waals surface area (Å²) in [6.45, 7) is 1.26. The first kappa shape index (κ1) is 14.0. The van der Waals surface area contributed by atoms with E-state index in [4.69, 9.17) is 9.84 Å². The van der Waals surface area contributed by atoms with Crippen LogP contribution in [0.3, 0.4) is 0 Å². The molecule has 3 atom stereocenters. The van der Waals surface area contributed by atoms with Crippen LogP contribution < -0.4 is 4.74 Å². The number of rotatable bonds is 3. The van der Waals surface area contributed by atoms with Crippen molar-refractivity contribution in [2.75, 3.05) is 19.7 Å². The summed E-state index contributed by atoms with van der Waals surface area (Å²) in [5.74, 6) is 0.833. The first-order chi connectivity index (χ1) is 9.86. The fourth-order valence-electron chi connectivity index (χ4n) is 2.90. The van der Waals surface area contributed by atoms with Gasteiger partial charge in [0.1, 0.15) is 5.75 Å². The zero-order valence-electron chi connectivity index (χ0n) is 10.9. The molecule has 1 saturated heterocycles. The highest BCUT2D eigenvalue weighted by molar-refractivity contribution is 5.65. The number of piperidine rings is 1. The lowest BCUT2D eigenvalue weighted by Gasteiger charge is -2.16. The highest BCUT2D eigenvalue weighted by atomic mass is 19.4. The highest BCUT2D eigenvalue weighted by Crippen LogP contribution is 2.51. The van der Waals surface area contributed by atoms with Gasteiger partial charge < -0.3 is 14.7 Å². The third-order valence-corrected chi connectivity index (χ3v) is 4.12. The number of aromatic nitrogens is 1. The van der Waals surface area contributed by atoms with Gasteiger partial charge in [-0.2, -0.15) is 13.2 Å². The van der Waals surface area contributed by atoms with Crippen LogP contribution in [0.1, 0.15) is 5.56 Å². The van der Waals surface area contributed by atoms with Crippen molar-refractivity contribution in [2.45, 2.75) is 6.18 Å². The standard InChI is InChI=1S/C13H13F3N2O3/c14-13(15,16)7-1-8(3-17-2-7)21-6-11-9-4-18(12(19)20)5-10(9)11/h1-3,9-11H,4-6H2,(H,19,20)/t9-,10+,11?. The van der Waals surface area contributed by atoms with Crippen LogP contribution in [0.25, 0.3) is 0 Å². The molecule has 5 nitrogen and oxygen atoms in total. The second kappa shape index (κ2) is 4.78. The summed E-state index contributed by atoms with van der Waals surface area (Å²) in [4.78, 5) is 15.6. The van der Waals surface area contributed by atoms with Crippen LogP contribution in [0.4, 0.5) is 18.0 Å². The Balaban J connectivity index is 1.53. The van der Waals surface area contributed by atoms with Crippen molar-refractivity contribution in [1.82, 2.24) is 9.88 Å². The molecule has 1 aliphatic carbocycles.